The van der Waals surface area contributed by atoms with Gasteiger partial charge in [-0.1, -0.05) is 24.3 Å². The van der Waals surface area contributed by atoms with Gasteiger partial charge in [-0.15, -0.1) is 0 Å². The van der Waals surface area contributed by atoms with Gasteiger partial charge in [0.05, 0.1) is 5.56 Å². The molecule has 1 amide bonds. The molecule has 7 heteroatoms. The van der Waals surface area contributed by atoms with Crippen molar-refractivity contribution in [1.29, 1.82) is 0 Å². The lowest BCUT2D eigenvalue weighted by Gasteiger charge is -2.26. The zero-order valence-electron chi connectivity index (χ0n) is 14.9. The molecule has 3 rings (SSSR count). The predicted molar refractivity (Wildman–Crippen MR) is 97.0 cm³/mol. The van der Waals surface area contributed by atoms with Crippen molar-refractivity contribution in [2.45, 2.75) is 25.7 Å². The van der Waals surface area contributed by atoms with Crippen molar-refractivity contribution in [2.24, 2.45) is 0 Å². The number of aliphatic carboxylic acids is 1. The van der Waals surface area contributed by atoms with E-state index in [-0.39, 0.29) is 18.9 Å². The fraction of sp³-hybridized carbons (Fsp3) is 0.300. The normalized spacial score (nSPS) is 16.6. The first-order chi connectivity index (χ1) is 13.1. The highest BCUT2D eigenvalue weighted by molar-refractivity contribution is 5.97. The molecule has 0 saturated carbocycles. The summed E-state index contributed by atoms with van der Waals surface area (Å²) in [6.45, 7) is 2.25. The number of hydrogen-bond acceptors (Lipinski definition) is 5. The largest absolute Gasteiger partial charge is 0.488 e. The maximum absolute atomic E-state index is 12.1. The van der Waals surface area contributed by atoms with Crippen LogP contribution in [0.25, 0.3) is 0 Å². The first-order valence-electron chi connectivity index (χ1n) is 8.69. The monoisotopic (exact) mass is 371 g/mol. The van der Waals surface area contributed by atoms with Gasteiger partial charge in [0.15, 0.2) is 6.10 Å². The molecule has 0 fully saturated rings. The summed E-state index contributed by atoms with van der Waals surface area (Å²) in [4.78, 5) is 23.2. The van der Waals surface area contributed by atoms with Gasteiger partial charge in [-0.2, -0.15) is 0 Å². The molecule has 0 bridgehead atoms. The molecule has 0 spiro atoms. The summed E-state index contributed by atoms with van der Waals surface area (Å²) in [6.07, 6.45) is -1.17. The fourth-order valence-corrected chi connectivity index (χ4v) is 2.77. The second kappa shape index (κ2) is 8.55. The van der Waals surface area contributed by atoms with Crippen LogP contribution in [-0.2, 0) is 16.0 Å². The van der Waals surface area contributed by atoms with Crippen molar-refractivity contribution < 1.29 is 28.9 Å². The van der Waals surface area contributed by atoms with E-state index < -0.39 is 18.3 Å². The van der Waals surface area contributed by atoms with Crippen LogP contribution in [0.3, 0.4) is 0 Å². The van der Waals surface area contributed by atoms with Crippen LogP contribution >= 0.6 is 0 Å². The lowest BCUT2D eigenvalue weighted by Crippen LogP contribution is -2.46. The third kappa shape index (κ3) is 4.77. The van der Waals surface area contributed by atoms with E-state index >= 15 is 0 Å². The van der Waals surface area contributed by atoms with Crippen LogP contribution in [0.2, 0.25) is 0 Å². The van der Waals surface area contributed by atoms with E-state index in [1.54, 1.807) is 55.5 Å². The summed E-state index contributed by atoms with van der Waals surface area (Å²) in [6, 6.07) is 14.1. The van der Waals surface area contributed by atoms with Crippen LogP contribution in [-0.4, -0.2) is 42.5 Å². The Bertz CT molecular complexity index is 804. The molecule has 1 heterocycles. The molecule has 2 aromatic carbocycles. The summed E-state index contributed by atoms with van der Waals surface area (Å²) < 4.78 is 16.6. The molecule has 1 aliphatic heterocycles. The Labute approximate surface area is 156 Å². The Morgan fingerprint density at radius 2 is 1.96 bits per heavy atom. The highest BCUT2D eigenvalue weighted by atomic mass is 16.5. The van der Waals surface area contributed by atoms with Gasteiger partial charge in [0.2, 0.25) is 6.23 Å². The van der Waals surface area contributed by atoms with E-state index in [4.69, 9.17) is 19.3 Å². The Morgan fingerprint density at radius 1 is 1.22 bits per heavy atom. The number of carboxylic acid groups (broad SMARTS) is 1. The zero-order valence-corrected chi connectivity index (χ0v) is 14.9. The molecular formula is C20H21NO6. The van der Waals surface area contributed by atoms with Gasteiger partial charge in [0.25, 0.3) is 5.91 Å². The Balaban J connectivity index is 1.55. The minimum Gasteiger partial charge on any atom is -0.488 e. The molecular weight excluding hydrogens is 350 g/mol. The lowest BCUT2D eigenvalue weighted by atomic mass is 10.1. The van der Waals surface area contributed by atoms with E-state index in [2.05, 4.69) is 5.32 Å². The Hall–Kier alpha value is -3.06. The quantitative estimate of drug-likeness (QED) is 0.739. The third-order valence-corrected chi connectivity index (χ3v) is 4.08. The Morgan fingerprint density at radius 3 is 2.67 bits per heavy atom. The van der Waals surface area contributed by atoms with Gasteiger partial charge in [-0.05, 0) is 36.8 Å². The van der Waals surface area contributed by atoms with E-state index in [9.17, 15) is 9.59 Å². The predicted octanol–water partition coefficient (Wildman–Crippen LogP) is 2.25. The van der Waals surface area contributed by atoms with E-state index in [1.165, 1.54) is 0 Å². The van der Waals surface area contributed by atoms with Gasteiger partial charge in [-0.3, -0.25) is 4.79 Å². The number of ether oxygens (including phenoxy) is 3. The first kappa shape index (κ1) is 18.7. The molecule has 0 aliphatic carbocycles. The third-order valence-electron chi connectivity index (χ3n) is 4.08. The number of carbonyl (C=O) groups excluding carboxylic acids is 1. The number of carbonyl (C=O) groups is 2. The smallest absolute Gasteiger partial charge is 0.333 e. The molecule has 2 N–H and O–H groups in total. The molecule has 0 aromatic heterocycles. The topological polar surface area (TPSA) is 94.1 Å². The van der Waals surface area contributed by atoms with Crippen molar-refractivity contribution in [3.05, 3.63) is 59.7 Å². The number of carboxylic acids is 1. The summed E-state index contributed by atoms with van der Waals surface area (Å²) in [7, 11) is 0. The van der Waals surface area contributed by atoms with Crippen molar-refractivity contribution in [2.75, 3.05) is 13.2 Å². The van der Waals surface area contributed by atoms with Crippen LogP contribution in [0.5, 0.6) is 11.5 Å². The van der Waals surface area contributed by atoms with E-state index in [1.807, 2.05) is 0 Å². The van der Waals surface area contributed by atoms with Crippen molar-refractivity contribution in [1.82, 2.24) is 5.32 Å². The molecule has 2 aromatic rings. The van der Waals surface area contributed by atoms with Gasteiger partial charge >= 0.3 is 5.97 Å². The second-order valence-corrected chi connectivity index (χ2v) is 6.02. The highest BCUT2D eigenvalue weighted by Gasteiger charge is 2.25. The average molecular weight is 371 g/mol. The molecule has 2 unspecified atom stereocenters. The molecule has 142 valence electrons. The van der Waals surface area contributed by atoms with E-state index in [0.29, 0.717) is 23.7 Å². The lowest BCUT2D eigenvalue weighted by molar-refractivity contribution is -0.149. The molecule has 7 nitrogen and oxygen atoms in total. The standard InChI is InChI=1S/C20H21NO6/c1-2-25-17(20(23)24)11-13-7-9-14(10-8-13)26-12-18-21-19(22)15-5-3-4-6-16(15)27-18/h3-10,17-18H,2,11-12H2,1H3,(H,21,22)(H,23,24). The van der Waals surface area contributed by atoms with E-state index in [0.717, 1.165) is 5.56 Å². The summed E-state index contributed by atoms with van der Waals surface area (Å²) >= 11 is 0. The number of benzene rings is 2. The molecule has 0 saturated heterocycles. The minimum absolute atomic E-state index is 0.149. The summed E-state index contributed by atoms with van der Waals surface area (Å²) in [5.41, 5.74) is 1.33. The summed E-state index contributed by atoms with van der Waals surface area (Å²) in [5, 5.41) is 11.9. The molecule has 1 aliphatic rings. The average Bonchev–Trinajstić information content (AvgIpc) is 2.67. The SMILES string of the molecule is CCOC(Cc1ccc(OCC2NC(=O)c3ccccc3O2)cc1)C(=O)O. The molecule has 2 atom stereocenters. The minimum atomic E-state index is -0.984. The number of para-hydroxylation sites is 1. The van der Waals surface area contributed by atoms with Gasteiger partial charge in [0.1, 0.15) is 18.1 Å². The van der Waals surface area contributed by atoms with Crippen molar-refractivity contribution >= 4 is 11.9 Å². The van der Waals surface area contributed by atoms with Gasteiger partial charge < -0.3 is 24.6 Å². The number of hydrogen-bond donors (Lipinski definition) is 2. The van der Waals surface area contributed by atoms with Crippen LogP contribution < -0.4 is 14.8 Å². The Kier molecular flexibility index (Phi) is 5.93. The summed E-state index contributed by atoms with van der Waals surface area (Å²) in [5.74, 6) is -0.0568. The first-order valence-corrected chi connectivity index (χ1v) is 8.69. The van der Waals surface area contributed by atoms with Crippen LogP contribution in [0.4, 0.5) is 0 Å². The second-order valence-electron chi connectivity index (χ2n) is 6.02. The number of amides is 1. The van der Waals surface area contributed by atoms with Gasteiger partial charge in [-0.25, -0.2) is 4.79 Å². The fourth-order valence-electron chi connectivity index (χ4n) is 2.77. The van der Waals surface area contributed by atoms with Crippen molar-refractivity contribution in [3.8, 4) is 11.5 Å². The van der Waals surface area contributed by atoms with Crippen LogP contribution in [0, 0.1) is 0 Å². The number of fused-ring (bicyclic) bond motifs is 1. The number of nitrogens with one attached hydrogen (secondary N) is 1. The van der Waals surface area contributed by atoms with Crippen molar-refractivity contribution in [3.63, 3.8) is 0 Å². The molecule has 0 radical (unpaired) electrons. The molecule has 27 heavy (non-hydrogen) atoms. The number of rotatable bonds is 8. The maximum atomic E-state index is 12.1. The highest BCUT2D eigenvalue weighted by Crippen LogP contribution is 2.23. The van der Waals surface area contributed by atoms with Gasteiger partial charge in [0, 0.05) is 13.0 Å². The van der Waals surface area contributed by atoms with Crippen LogP contribution in [0.1, 0.15) is 22.8 Å². The maximum Gasteiger partial charge on any atom is 0.333 e. The zero-order chi connectivity index (χ0) is 19.2. The van der Waals surface area contributed by atoms with Crippen LogP contribution in [0.15, 0.2) is 48.5 Å².